The van der Waals surface area contributed by atoms with Gasteiger partial charge in [-0.15, -0.1) is 0 Å². The molecule has 184 valence electrons. The van der Waals surface area contributed by atoms with Crippen LogP contribution >= 0.6 is 0 Å². The molecule has 1 heteroatoms. The number of fused-ring (bicyclic) bond motifs is 3. The van der Waals surface area contributed by atoms with Crippen LogP contribution in [-0.4, -0.2) is 0 Å². The summed E-state index contributed by atoms with van der Waals surface area (Å²) in [6, 6.07) is 37.0. The topological polar surface area (TPSA) is 3.24 Å². The van der Waals surface area contributed by atoms with Crippen molar-refractivity contribution in [1.29, 1.82) is 0 Å². The fourth-order valence-electron chi connectivity index (χ4n) is 6.07. The van der Waals surface area contributed by atoms with Crippen LogP contribution in [0.4, 0.5) is 5.69 Å². The molecule has 0 N–H and O–H groups in total. The van der Waals surface area contributed by atoms with Crippen LogP contribution in [0.15, 0.2) is 153 Å². The zero-order valence-electron chi connectivity index (χ0n) is 21.7. The fraction of sp³-hybridized carbons (Fsp3) is 0. The third-order valence-electron chi connectivity index (χ3n) is 7.98. The summed E-state index contributed by atoms with van der Waals surface area (Å²) in [4.78, 5) is 2.20. The summed E-state index contributed by atoms with van der Waals surface area (Å²) in [5.41, 5.74) is 14.2. The number of rotatable bonds is 4. The van der Waals surface area contributed by atoms with Gasteiger partial charge in [-0.1, -0.05) is 117 Å². The van der Waals surface area contributed by atoms with Crippen molar-refractivity contribution in [3.05, 3.63) is 164 Å². The van der Waals surface area contributed by atoms with Crippen LogP contribution in [0, 0.1) is 0 Å². The molecule has 0 aromatic heterocycles. The quantitative estimate of drug-likeness (QED) is 0.239. The molecule has 0 bridgehead atoms. The van der Waals surface area contributed by atoms with E-state index in [0.29, 0.717) is 0 Å². The Balaban J connectivity index is 1.52. The zero-order valence-corrected chi connectivity index (χ0v) is 21.7. The standard InChI is InChI=1S/C38H27N/c1-5-32-24(3)39-25(4)34-19-18-30(29-17-16-27-14-10-11-15-28(27)20-29)21-35(34)37-23-31(26-12-8-7-9-13-26)22-36(38(37)39)33(32)6-2/h5-23H,1-4H2. The Morgan fingerprint density at radius 2 is 1.10 bits per heavy atom. The minimum Gasteiger partial charge on any atom is -0.309 e. The van der Waals surface area contributed by atoms with Crippen LogP contribution in [-0.2, 0) is 0 Å². The predicted molar refractivity (Wildman–Crippen MR) is 168 cm³/mol. The summed E-state index contributed by atoms with van der Waals surface area (Å²) in [6.45, 7) is 17.3. The lowest BCUT2D eigenvalue weighted by molar-refractivity contribution is 1.16. The summed E-state index contributed by atoms with van der Waals surface area (Å²) in [5, 5.41) is 2.48. The molecule has 0 amide bonds. The smallest absolute Gasteiger partial charge is 0.0619 e. The van der Waals surface area contributed by atoms with E-state index in [-0.39, 0.29) is 0 Å². The van der Waals surface area contributed by atoms with Gasteiger partial charge < -0.3 is 4.90 Å². The van der Waals surface area contributed by atoms with Gasteiger partial charge in [-0.3, -0.25) is 0 Å². The van der Waals surface area contributed by atoms with Crippen molar-refractivity contribution >= 4 is 27.7 Å². The Kier molecular flexibility index (Phi) is 5.14. The highest BCUT2D eigenvalue weighted by Gasteiger charge is 2.35. The Bertz CT molecular complexity index is 1920. The maximum atomic E-state index is 4.56. The van der Waals surface area contributed by atoms with Crippen LogP contribution in [0.3, 0.4) is 0 Å². The van der Waals surface area contributed by atoms with E-state index in [1.54, 1.807) is 0 Å². The molecule has 0 fully saturated rings. The van der Waals surface area contributed by atoms with Crippen molar-refractivity contribution in [2.24, 2.45) is 0 Å². The van der Waals surface area contributed by atoms with Crippen molar-refractivity contribution in [3.8, 4) is 33.4 Å². The number of nitrogens with zero attached hydrogens (tertiary/aromatic N) is 1. The van der Waals surface area contributed by atoms with Crippen molar-refractivity contribution in [2.45, 2.75) is 0 Å². The molecule has 39 heavy (non-hydrogen) atoms. The normalized spacial score (nSPS) is 13.8. The SMILES string of the molecule is C=CC1=C(C=C)c2cc(-c3ccccc3)cc3c2N(C1=C)C(=C)c1ccc(-c2ccc4ccccc4c2)cc1-3. The van der Waals surface area contributed by atoms with Gasteiger partial charge in [0.25, 0.3) is 0 Å². The van der Waals surface area contributed by atoms with Crippen molar-refractivity contribution in [1.82, 2.24) is 0 Å². The largest absolute Gasteiger partial charge is 0.309 e. The molecule has 0 saturated heterocycles. The maximum absolute atomic E-state index is 4.56. The molecule has 7 rings (SSSR count). The lowest BCUT2D eigenvalue weighted by Gasteiger charge is -2.41. The van der Waals surface area contributed by atoms with Gasteiger partial charge in [0.15, 0.2) is 0 Å². The number of anilines is 1. The molecule has 2 heterocycles. The number of allylic oxidation sites excluding steroid dienone is 3. The minimum atomic E-state index is 0.871. The second-order valence-corrected chi connectivity index (χ2v) is 10.1. The molecule has 5 aromatic rings. The molecule has 0 saturated carbocycles. The summed E-state index contributed by atoms with van der Waals surface area (Å²) in [5.74, 6) is 0. The molecule has 0 atom stereocenters. The van der Waals surface area contributed by atoms with Gasteiger partial charge in [0.05, 0.1) is 5.69 Å². The average Bonchev–Trinajstić information content (AvgIpc) is 2.99. The third-order valence-corrected chi connectivity index (χ3v) is 7.98. The van der Waals surface area contributed by atoms with Crippen LogP contribution < -0.4 is 4.90 Å². The number of hydrogen-bond acceptors (Lipinski definition) is 1. The molecule has 0 spiro atoms. The lowest BCUT2D eigenvalue weighted by Crippen LogP contribution is -2.28. The molecule has 5 aromatic carbocycles. The predicted octanol–water partition coefficient (Wildman–Crippen LogP) is 10.3. The van der Waals surface area contributed by atoms with E-state index in [1.807, 2.05) is 12.2 Å². The average molecular weight is 498 g/mol. The molecule has 0 aliphatic carbocycles. The number of benzene rings is 5. The highest BCUT2D eigenvalue weighted by atomic mass is 15.2. The van der Waals surface area contributed by atoms with Gasteiger partial charge in [0.2, 0.25) is 0 Å². The van der Waals surface area contributed by atoms with Crippen molar-refractivity contribution in [2.75, 3.05) is 4.90 Å². The van der Waals surface area contributed by atoms with Gasteiger partial charge in [-0.25, -0.2) is 0 Å². The second kappa shape index (κ2) is 8.72. The molecule has 2 aliphatic rings. The minimum absolute atomic E-state index is 0.871. The van der Waals surface area contributed by atoms with Gasteiger partial charge in [-0.2, -0.15) is 0 Å². The summed E-state index contributed by atoms with van der Waals surface area (Å²) in [7, 11) is 0. The second-order valence-electron chi connectivity index (χ2n) is 10.1. The number of hydrogen-bond donors (Lipinski definition) is 0. The molecular weight excluding hydrogens is 470 g/mol. The van der Waals surface area contributed by atoms with E-state index < -0.39 is 0 Å². The highest BCUT2D eigenvalue weighted by molar-refractivity contribution is 6.10. The van der Waals surface area contributed by atoms with Gasteiger partial charge in [0, 0.05) is 33.7 Å². The first-order chi connectivity index (χ1) is 19.1. The first-order valence-corrected chi connectivity index (χ1v) is 13.1. The zero-order chi connectivity index (χ0) is 26.7. The van der Waals surface area contributed by atoms with E-state index in [9.17, 15) is 0 Å². The van der Waals surface area contributed by atoms with Crippen LogP contribution in [0.5, 0.6) is 0 Å². The van der Waals surface area contributed by atoms with E-state index in [2.05, 4.69) is 134 Å². The molecule has 1 nitrogen and oxygen atoms in total. The first-order valence-electron chi connectivity index (χ1n) is 13.1. The van der Waals surface area contributed by atoms with Crippen molar-refractivity contribution < 1.29 is 0 Å². The van der Waals surface area contributed by atoms with Crippen LogP contribution in [0.1, 0.15) is 11.1 Å². The Morgan fingerprint density at radius 1 is 0.462 bits per heavy atom. The third kappa shape index (κ3) is 3.41. The summed E-state index contributed by atoms with van der Waals surface area (Å²) in [6.07, 6.45) is 3.80. The van der Waals surface area contributed by atoms with Gasteiger partial charge >= 0.3 is 0 Å². The van der Waals surface area contributed by atoms with Gasteiger partial charge in [0.1, 0.15) is 0 Å². The van der Waals surface area contributed by atoms with E-state index in [0.717, 1.165) is 44.9 Å². The molecule has 0 unspecified atom stereocenters. The van der Waals surface area contributed by atoms with E-state index in [1.165, 1.54) is 38.6 Å². The Hall–Kier alpha value is -5.14. The molecule has 2 aliphatic heterocycles. The van der Waals surface area contributed by atoms with Crippen molar-refractivity contribution in [3.63, 3.8) is 0 Å². The Morgan fingerprint density at radius 3 is 1.87 bits per heavy atom. The van der Waals surface area contributed by atoms with Crippen LogP contribution in [0.25, 0.3) is 55.4 Å². The highest BCUT2D eigenvalue weighted by Crippen LogP contribution is 2.55. The fourth-order valence-corrected chi connectivity index (χ4v) is 6.07. The monoisotopic (exact) mass is 497 g/mol. The van der Waals surface area contributed by atoms with E-state index >= 15 is 0 Å². The lowest BCUT2D eigenvalue weighted by atomic mass is 9.80. The van der Waals surface area contributed by atoms with Crippen LogP contribution in [0.2, 0.25) is 0 Å². The first kappa shape index (κ1) is 23.0. The van der Waals surface area contributed by atoms with Gasteiger partial charge in [-0.05, 0) is 68.4 Å². The molecule has 0 radical (unpaired) electrons. The Labute approximate surface area is 229 Å². The molecular formula is C38H27N. The summed E-state index contributed by atoms with van der Waals surface area (Å²) < 4.78 is 0. The van der Waals surface area contributed by atoms with E-state index in [4.69, 9.17) is 0 Å². The summed E-state index contributed by atoms with van der Waals surface area (Å²) >= 11 is 0. The maximum Gasteiger partial charge on any atom is 0.0619 e.